The summed E-state index contributed by atoms with van der Waals surface area (Å²) < 4.78 is 54.6. The summed E-state index contributed by atoms with van der Waals surface area (Å²) in [6.07, 6.45) is 0. The molecular formula is C20H23F2N3O3S. The van der Waals surface area contributed by atoms with Crippen molar-refractivity contribution in [3.05, 3.63) is 65.7 Å². The molecule has 6 nitrogen and oxygen atoms in total. The minimum absolute atomic E-state index is 0.0279. The maximum atomic E-state index is 14.0. The average Bonchev–Trinajstić information content (AvgIpc) is 2.69. The predicted molar refractivity (Wildman–Crippen MR) is 105 cm³/mol. The molecule has 0 N–H and O–H groups in total. The third kappa shape index (κ3) is 4.31. The number of nitrogens with zero attached hydrogens (tertiary/aromatic N) is 3. The minimum atomic E-state index is -4.31. The Kier molecular flexibility index (Phi) is 6.30. The van der Waals surface area contributed by atoms with Gasteiger partial charge in [0.2, 0.25) is 15.9 Å². The van der Waals surface area contributed by atoms with Crippen LogP contribution in [0.1, 0.15) is 11.6 Å². The van der Waals surface area contributed by atoms with Gasteiger partial charge in [-0.05, 0) is 17.7 Å². The molecule has 9 heteroatoms. The smallest absolute Gasteiger partial charge is 0.249 e. The van der Waals surface area contributed by atoms with Gasteiger partial charge in [0.25, 0.3) is 0 Å². The van der Waals surface area contributed by atoms with Crippen molar-refractivity contribution < 1.29 is 22.0 Å². The van der Waals surface area contributed by atoms with Crippen molar-refractivity contribution in [2.24, 2.45) is 0 Å². The van der Waals surface area contributed by atoms with E-state index >= 15 is 0 Å². The number of hydrogen-bond donors (Lipinski definition) is 0. The number of benzene rings is 2. The van der Waals surface area contributed by atoms with Crippen LogP contribution in [0.15, 0.2) is 53.4 Å². The number of hydrogen-bond acceptors (Lipinski definition) is 4. The van der Waals surface area contributed by atoms with Crippen LogP contribution in [-0.4, -0.2) is 68.7 Å². The van der Waals surface area contributed by atoms with Crippen molar-refractivity contribution in [3.8, 4) is 0 Å². The van der Waals surface area contributed by atoms with Gasteiger partial charge in [0.1, 0.15) is 17.7 Å². The number of sulfonamides is 1. The van der Waals surface area contributed by atoms with Gasteiger partial charge in [0.15, 0.2) is 4.90 Å². The van der Waals surface area contributed by atoms with Gasteiger partial charge in [-0.15, -0.1) is 0 Å². The molecule has 1 heterocycles. The summed E-state index contributed by atoms with van der Waals surface area (Å²) in [6.45, 7) is 0.573. The minimum Gasteiger partial charge on any atom is -0.347 e. The van der Waals surface area contributed by atoms with Crippen LogP contribution in [0, 0.1) is 11.6 Å². The summed E-state index contributed by atoms with van der Waals surface area (Å²) in [7, 11) is -0.979. The molecule has 0 aliphatic carbocycles. The highest BCUT2D eigenvalue weighted by Crippen LogP contribution is 2.27. The molecule has 2 aromatic rings. The number of halogens is 2. The van der Waals surface area contributed by atoms with E-state index in [1.165, 1.54) is 4.90 Å². The van der Waals surface area contributed by atoms with Gasteiger partial charge in [-0.3, -0.25) is 9.69 Å². The van der Waals surface area contributed by atoms with E-state index in [1.807, 2.05) is 35.2 Å². The summed E-state index contributed by atoms with van der Waals surface area (Å²) in [5, 5.41) is 0. The van der Waals surface area contributed by atoms with Gasteiger partial charge >= 0.3 is 0 Å². The predicted octanol–water partition coefficient (Wildman–Crippen LogP) is 2.10. The molecule has 29 heavy (non-hydrogen) atoms. The topological polar surface area (TPSA) is 60.9 Å². The third-order valence-electron chi connectivity index (χ3n) is 4.95. The van der Waals surface area contributed by atoms with Gasteiger partial charge in [0, 0.05) is 40.3 Å². The zero-order valence-corrected chi connectivity index (χ0v) is 17.1. The van der Waals surface area contributed by atoms with Gasteiger partial charge in [0.05, 0.1) is 0 Å². The van der Waals surface area contributed by atoms with Crippen molar-refractivity contribution in [2.45, 2.75) is 10.9 Å². The third-order valence-corrected chi connectivity index (χ3v) is 6.90. The highest BCUT2D eigenvalue weighted by atomic mass is 32.2. The van der Waals surface area contributed by atoms with Crippen molar-refractivity contribution >= 4 is 15.9 Å². The van der Waals surface area contributed by atoms with Crippen LogP contribution >= 0.6 is 0 Å². The van der Waals surface area contributed by atoms with Crippen molar-refractivity contribution in [3.63, 3.8) is 0 Å². The molecular weight excluding hydrogens is 400 g/mol. The first-order valence-electron chi connectivity index (χ1n) is 9.18. The molecule has 3 rings (SSSR count). The van der Waals surface area contributed by atoms with E-state index in [4.69, 9.17) is 0 Å². The molecule has 156 valence electrons. The summed E-state index contributed by atoms with van der Waals surface area (Å²) in [5.74, 6) is -2.34. The molecule has 0 bridgehead atoms. The van der Waals surface area contributed by atoms with Crippen LogP contribution in [0.5, 0.6) is 0 Å². The van der Waals surface area contributed by atoms with E-state index in [0.717, 1.165) is 28.1 Å². The van der Waals surface area contributed by atoms with Crippen molar-refractivity contribution in [1.82, 2.24) is 14.1 Å². The van der Waals surface area contributed by atoms with Gasteiger partial charge in [-0.1, -0.05) is 36.4 Å². The molecule has 1 unspecified atom stereocenters. The lowest BCUT2D eigenvalue weighted by molar-refractivity contribution is -0.135. The number of piperazine rings is 1. The average molecular weight is 423 g/mol. The first kappa shape index (κ1) is 21.4. The molecule has 0 saturated carbocycles. The van der Waals surface area contributed by atoms with E-state index in [-0.39, 0.29) is 32.1 Å². The zero-order valence-electron chi connectivity index (χ0n) is 16.3. The highest BCUT2D eigenvalue weighted by molar-refractivity contribution is 7.89. The molecule has 1 amide bonds. The lowest BCUT2D eigenvalue weighted by Crippen LogP contribution is -2.52. The van der Waals surface area contributed by atoms with Crippen LogP contribution in [0.4, 0.5) is 8.78 Å². The van der Waals surface area contributed by atoms with Crippen molar-refractivity contribution in [1.29, 1.82) is 0 Å². The van der Waals surface area contributed by atoms with E-state index in [1.54, 1.807) is 14.1 Å². The standard InChI is InChI=1S/C20H23F2N3O3S/c1-23(2)20(26)18(15-7-4-3-5-8-15)24-11-13-25(14-12-24)29(27,28)19-16(21)9-6-10-17(19)22/h3-10,18H,11-14H2,1-2H3. The maximum absolute atomic E-state index is 14.0. The van der Waals surface area contributed by atoms with E-state index in [2.05, 4.69) is 0 Å². The Morgan fingerprint density at radius 3 is 2.00 bits per heavy atom. The Morgan fingerprint density at radius 1 is 0.931 bits per heavy atom. The number of amides is 1. The Labute approximate surface area is 169 Å². The fourth-order valence-electron chi connectivity index (χ4n) is 3.45. The summed E-state index contributed by atoms with van der Waals surface area (Å²) in [4.78, 5) is 15.2. The van der Waals surface area contributed by atoms with Crippen LogP contribution in [0.25, 0.3) is 0 Å². The van der Waals surface area contributed by atoms with Gasteiger partial charge < -0.3 is 4.90 Å². The summed E-state index contributed by atoms with van der Waals surface area (Å²) in [5.41, 5.74) is 0.808. The summed E-state index contributed by atoms with van der Waals surface area (Å²) >= 11 is 0. The highest BCUT2D eigenvalue weighted by Gasteiger charge is 2.37. The van der Waals surface area contributed by atoms with E-state index in [9.17, 15) is 22.0 Å². The number of carbonyl (C=O) groups excluding carboxylic acids is 1. The molecule has 1 fully saturated rings. The second-order valence-corrected chi connectivity index (χ2v) is 8.91. The number of likely N-dealkylation sites (N-methyl/N-ethyl adjacent to an activating group) is 1. The van der Waals surface area contributed by atoms with Crippen LogP contribution < -0.4 is 0 Å². The molecule has 1 aliphatic heterocycles. The Bertz CT molecular complexity index is 955. The first-order valence-corrected chi connectivity index (χ1v) is 10.6. The fourth-order valence-corrected chi connectivity index (χ4v) is 4.98. The zero-order chi connectivity index (χ0) is 21.2. The largest absolute Gasteiger partial charge is 0.347 e. The maximum Gasteiger partial charge on any atom is 0.249 e. The van der Waals surface area contributed by atoms with Gasteiger partial charge in [-0.2, -0.15) is 4.31 Å². The SMILES string of the molecule is CN(C)C(=O)C(c1ccccc1)N1CCN(S(=O)(=O)c2c(F)cccc2F)CC1. The second kappa shape index (κ2) is 8.56. The Morgan fingerprint density at radius 2 is 1.48 bits per heavy atom. The number of carbonyl (C=O) groups is 1. The monoisotopic (exact) mass is 423 g/mol. The van der Waals surface area contributed by atoms with Crippen LogP contribution in [0.3, 0.4) is 0 Å². The molecule has 0 spiro atoms. The molecule has 1 aliphatic rings. The number of rotatable bonds is 5. The van der Waals surface area contributed by atoms with Crippen molar-refractivity contribution in [2.75, 3.05) is 40.3 Å². The molecule has 1 saturated heterocycles. The first-order chi connectivity index (χ1) is 13.7. The fraction of sp³-hybridized carbons (Fsp3) is 0.350. The molecule has 2 aromatic carbocycles. The van der Waals surface area contributed by atoms with E-state index < -0.39 is 32.6 Å². The van der Waals surface area contributed by atoms with Crippen LogP contribution in [-0.2, 0) is 14.8 Å². The molecule has 0 radical (unpaired) electrons. The normalized spacial score (nSPS) is 17.1. The Hall–Kier alpha value is -2.36. The molecule has 0 aromatic heterocycles. The summed E-state index contributed by atoms with van der Waals surface area (Å²) in [6, 6.07) is 11.7. The molecule has 1 atom stereocenters. The van der Waals surface area contributed by atoms with E-state index in [0.29, 0.717) is 0 Å². The lowest BCUT2D eigenvalue weighted by atomic mass is 10.0. The van der Waals surface area contributed by atoms with Crippen LogP contribution in [0.2, 0.25) is 0 Å². The quantitative estimate of drug-likeness (QED) is 0.739. The second-order valence-electron chi connectivity index (χ2n) is 7.04. The Balaban J connectivity index is 1.82. The van der Waals surface area contributed by atoms with Gasteiger partial charge in [-0.25, -0.2) is 17.2 Å². The lowest BCUT2D eigenvalue weighted by Gasteiger charge is -2.39.